The quantitative estimate of drug-likeness (QED) is 0.320. The molecule has 0 aliphatic carbocycles. The first-order valence-electron chi connectivity index (χ1n) is 9.81. The van der Waals surface area contributed by atoms with Gasteiger partial charge in [-0.15, -0.1) is 0 Å². The van der Waals surface area contributed by atoms with Crippen LogP contribution in [0.4, 0.5) is 5.69 Å². The van der Waals surface area contributed by atoms with Crippen molar-refractivity contribution in [2.24, 2.45) is 0 Å². The molecule has 8 nitrogen and oxygen atoms in total. The van der Waals surface area contributed by atoms with Crippen molar-refractivity contribution in [2.75, 3.05) is 26.2 Å². The zero-order valence-electron chi connectivity index (χ0n) is 18.0. The number of furan rings is 1. The van der Waals surface area contributed by atoms with E-state index in [1.54, 1.807) is 36.4 Å². The Hall–Kier alpha value is -3.91. The Balaban J connectivity index is 1.93. The van der Waals surface area contributed by atoms with Gasteiger partial charge in [0.25, 0.3) is 11.7 Å². The number of methoxy groups -OCH3 is 3. The number of carbonyl (C=O) groups excluding carboxylic acids is 2. The van der Waals surface area contributed by atoms with Crippen molar-refractivity contribution in [2.45, 2.75) is 6.04 Å². The van der Waals surface area contributed by atoms with E-state index >= 15 is 0 Å². The summed E-state index contributed by atoms with van der Waals surface area (Å²) in [4.78, 5) is 27.5. The van der Waals surface area contributed by atoms with Crippen LogP contribution < -0.4 is 19.1 Å². The molecule has 33 heavy (non-hydrogen) atoms. The van der Waals surface area contributed by atoms with E-state index < -0.39 is 23.5 Å². The van der Waals surface area contributed by atoms with Crippen molar-refractivity contribution in [1.29, 1.82) is 0 Å². The van der Waals surface area contributed by atoms with Gasteiger partial charge in [0.05, 0.1) is 43.8 Å². The molecule has 1 aliphatic rings. The summed E-state index contributed by atoms with van der Waals surface area (Å²) in [7, 11) is 4.37. The lowest BCUT2D eigenvalue weighted by Crippen LogP contribution is -2.29. The van der Waals surface area contributed by atoms with E-state index in [1.165, 1.54) is 44.6 Å². The summed E-state index contributed by atoms with van der Waals surface area (Å²) in [5.41, 5.74) is 0.399. The minimum absolute atomic E-state index is 0.132. The van der Waals surface area contributed by atoms with E-state index in [4.69, 9.17) is 30.2 Å². The molecule has 1 aromatic heterocycles. The van der Waals surface area contributed by atoms with Crippen LogP contribution in [0.15, 0.2) is 64.8 Å². The summed E-state index contributed by atoms with van der Waals surface area (Å²) in [5, 5.41) is 11.5. The molecule has 0 radical (unpaired) electrons. The number of aliphatic hydroxyl groups is 1. The summed E-state index contributed by atoms with van der Waals surface area (Å²) >= 11 is 6.26. The predicted octanol–water partition coefficient (Wildman–Crippen LogP) is 4.59. The van der Waals surface area contributed by atoms with Crippen LogP contribution in [0.2, 0.25) is 5.02 Å². The highest BCUT2D eigenvalue weighted by Crippen LogP contribution is 2.45. The van der Waals surface area contributed by atoms with Crippen LogP contribution in [0.5, 0.6) is 17.2 Å². The van der Waals surface area contributed by atoms with Gasteiger partial charge in [0.15, 0.2) is 0 Å². The summed E-state index contributed by atoms with van der Waals surface area (Å²) in [6.07, 6.45) is 1.42. The highest BCUT2D eigenvalue weighted by atomic mass is 35.5. The molecule has 4 rings (SSSR count). The van der Waals surface area contributed by atoms with Gasteiger partial charge in [-0.2, -0.15) is 0 Å². The molecule has 1 atom stereocenters. The topological polar surface area (TPSA) is 98.4 Å². The fourth-order valence-corrected chi connectivity index (χ4v) is 3.99. The lowest BCUT2D eigenvalue weighted by Gasteiger charge is -2.23. The number of carbonyl (C=O) groups is 2. The van der Waals surface area contributed by atoms with Gasteiger partial charge in [-0.1, -0.05) is 11.6 Å². The monoisotopic (exact) mass is 469 g/mol. The smallest absolute Gasteiger partial charge is 0.300 e. The minimum Gasteiger partial charge on any atom is -0.507 e. The molecular formula is C24H20ClNO7. The van der Waals surface area contributed by atoms with E-state index in [0.717, 1.165) is 0 Å². The van der Waals surface area contributed by atoms with E-state index in [0.29, 0.717) is 22.9 Å². The van der Waals surface area contributed by atoms with Crippen molar-refractivity contribution >= 4 is 34.7 Å². The molecule has 2 aromatic carbocycles. The number of Topliss-reactive ketones (excluding diaryl/α,β-unsaturated/α-hetero) is 1. The Kier molecular flexibility index (Phi) is 6.02. The van der Waals surface area contributed by atoms with Crippen molar-refractivity contribution in [3.8, 4) is 17.2 Å². The van der Waals surface area contributed by atoms with Crippen LogP contribution in [0.25, 0.3) is 5.76 Å². The van der Waals surface area contributed by atoms with Crippen LogP contribution in [0, 0.1) is 0 Å². The lowest BCUT2D eigenvalue weighted by atomic mass is 9.98. The maximum atomic E-state index is 13.2. The molecule has 0 saturated carbocycles. The maximum absolute atomic E-state index is 13.2. The number of ether oxygens (including phenoxy) is 3. The number of hydrogen-bond donors (Lipinski definition) is 1. The first kappa shape index (κ1) is 22.3. The third kappa shape index (κ3) is 3.78. The number of nitrogens with zero attached hydrogens (tertiary/aromatic N) is 1. The Morgan fingerprint density at radius 2 is 1.70 bits per heavy atom. The van der Waals surface area contributed by atoms with Crippen LogP contribution in [0.3, 0.4) is 0 Å². The predicted molar refractivity (Wildman–Crippen MR) is 121 cm³/mol. The number of ketones is 1. The average Bonchev–Trinajstić information content (AvgIpc) is 3.45. The van der Waals surface area contributed by atoms with Crippen LogP contribution in [-0.4, -0.2) is 38.1 Å². The molecule has 0 bridgehead atoms. The molecular weight excluding hydrogens is 450 g/mol. The number of aliphatic hydroxyl groups excluding tert-OH is 1. The zero-order chi connectivity index (χ0) is 23.7. The zero-order valence-corrected chi connectivity index (χ0v) is 18.8. The van der Waals surface area contributed by atoms with Crippen LogP contribution >= 0.6 is 11.6 Å². The number of amides is 1. The van der Waals surface area contributed by atoms with Gasteiger partial charge in [-0.05, 0) is 42.5 Å². The third-order valence-corrected chi connectivity index (χ3v) is 5.63. The molecule has 1 aliphatic heterocycles. The fraction of sp³-hybridized carbons (Fsp3) is 0.167. The molecule has 1 saturated heterocycles. The summed E-state index contributed by atoms with van der Waals surface area (Å²) in [6.45, 7) is 0. The average molecular weight is 470 g/mol. The number of anilines is 1. The van der Waals surface area contributed by atoms with Gasteiger partial charge in [0.1, 0.15) is 34.8 Å². The van der Waals surface area contributed by atoms with Crippen molar-refractivity contribution in [3.05, 3.63) is 76.7 Å². The molecule has 9 heteroatoms. The van der Waals surface area contributed by atoms with Crippen molar-refractivity contribution in [1.82, 2.24) is 0 Å². The summed E-state index contributed by atoms with van der Waals surface area (Å²) in [6, 6.07) is 11.8. The first-order valence-corrected chi connectivity index (χ1v) is 10.2. The number of halogens is 1. The van der Waals surface area contributed by atoms with E-state index in [1.807, 2.05) is 0 Å². The standard InChI is InChI=1S/C24H20ClNO7/c1-30-14-8-6-13(7-9-14)26-21(17-5-4-10-33-17)20(23(28)24(26)29)22(27)15-11-16(25)19(32-3)12-18(15)31-2/h4-12,21,27H,1-3H3/b22-20-. The van der Waals surface area contributed by atoms with Crippen molar-refractivity contribution in [3.63, 3.8) is 0 Å². The van der Waals surface area contributed by atoms with Gasteiger partial charge < -0.3 is 23.7 Å². The summed E-state index contributed by atoms with van der Waals surface area (Å²) < 4.78 is 21.3. The lowest BCUT2D eigenvalue weighted by molar-refractivity contribution is -0.132. The maximum Gasteiger partial charge on any atom is 0.300 e. The van der Waals surface area contributed by atoms with Gasteiger partial charge in [0, 0.05) is 11.8 Å². The Labute approximate surface area is 194 Å². The van der Waals surface area contributed by atoms with Gasteiger partial charge >= 0.3 is 0 Å². The Bertz CT molecular complexity index is 1230. The molecule has 1 N–H and O–H groups in total. The molecule has 1 amide bonds. The molecule has 3 aromatic rings. The number of hydrogen-bond acceptors (Lipinski definition) is 7. The largest absolute Gasteiger partial charge is 0.507 e. The second-order valence-corrected chi connectivity index (χ2v) is 7.48. The fourth-order valence-electron chi connectivity index (χ4n) is 3.75. The Morgan fingerprint density at radius 3 is 2.27 bits per heavy atom. The molecule has 1 fully saturated rings. The second-order valence-electron chi connectivity index (χ2n) is 7.07. The first-order chi connectivity index (χ1) is 15.9. The van der Waals surface area contributed by atoms with Crippen LogP contribution in [-0.2, 0) is 9.59 Å². The van der Waals surface area contributed by atoms with E-state index in [9.17, 15) is 14.7 Å². The molecule has 170 valence electrons. The number of rotatable bonds is 6. The third-order valence-electron chi connectivity index (χ3n) is 5.34. The normalized spacial score (nSPS) is 17.3. The summed E-state index contributed by atoms with van der Waals surface area (Å²) in [5.74, 6) is -0.728. The molecule has 0 spiro atoms. The van der Waals surface area contributed by atoms with Crippen LogP contribution in [0.1, 0.15) is 17.4 Å². The Morgan fingerprint density at radius 1 is 1.00 bits per heavy atom. The molecule has 2 heterocycles. The van der Waals surface area contributed by atoms with Gasteiger partial charge in [0.2, 0.25) is 0 Å². The van der Waals surface area contributed by atoms with Gasteiger partial charge in [-0.25, -0.2) is 0 Å². The van der Waals surface area contributed by atoms with Gasteiger partial charge in [-0.3, -0.25) is 14.5 Å². The SMILES string of the molecule is COc1ccc(N2C(=O)C(=O)/C(=C(\O)c3cc(Cl)c(OC)cc3OC)C2c2ccco2)cc1. The van der Waals surface area contributed by atoms with Crippen molar-refractivity contribution < 1.29 is 33.3 Å². The molecule has 1 unspecified atom stereocenters. The highest BCUT2D eigenvalue weighted by Gasteiger charge is 2.48. The number of benzene rings is 2. The van der Waals surface area contributed by atoms with E-state index in [2.05, 4.69) is 0 Å². The van der Waals surface area contributed by atoms with E-state index in [-0.39, 0.29) is 21.9 Å². The highest BCUT2D eigenvalue weighted by molar-refractivity contribution is 6.51. The second kappa shape index (κ2) is 8.91. The minimum atomic E-state index is -1.01.